The lowest BCUT2D eigenvalue weighted by Crippen LogP contribution is -2.27. The molecule has 1 aliphatic carbocycles. The highest BCUT2D eigenvalue weighted by Gasteiger charge is 2.26. The molecule has 0 spiro atoms. The molecule has 0 bridgehead atoms. The topological polar surface area (TPSA) is 46.2 Å². The third kappa shape index (κ3) is 2.65. The van der Waals surface area contributed by atoms with Crippen molar-refractivity contribution in [2.45, 2.75) is 37.8 Å². The fourth-order valence-electron chi connectivity index (χ4n) is 2.46. The van der Waals surface area contributed by atoms with Gasteiger partial charge in [0.2, 0.25) is 0 Å². The van der Waals surface area contributed by atoms with Crippen molar-refractivity contribution in [2.24, 2.45) is 11.7 Å². The van der Waals surface area contributed by atoms with E-state index in [0.717, 1.165) is 30.2 Å². The van der Waals surface area contributed by atoms with Crippen LogP contribution in [0.5, 0.6) is 0 Å². The highest BCUT2D eigenvalue weighted by atomic mass is 79.9. The van der Waals surface area contributed by atoms with Gasteiger partial charge in [0.25, 0.3) is 0 Å². The molecule has 1 aromatic rings. The summed E-state index contributed by atoms with van der Waals surface area (Å²) in [4.78, 5) is 0. The monoisotopic (exact) mass is 283 g/mol. The summed E-state index contributed by atoms with van der Waals surface area (Å²) in [5.41, 5.74) is 7.49. The Kier molecular flexibility index (Phi) is 4.00. The Morgan fingerprint density at radius 1 is 1.19 bits per heavy atom. The predicted octanol–water partition coefficient (Wildman–Crippen LogP) is 3.00. The first-order valence-electron chi connectivity index (χ1n) is 5.86. The van der Waals surface area contributed by atoms with Crippen LogP contribution in [0.4, 0.5) is 0 Å². The molecule has 1 saturated carbocycles. The van der Waals surface area contributed by atoms with Crippen molar-refractivity contribution in [3.05, 3.63) is 34.3 Å². The van der Waals surface area contributed by atoms with Crippen molar-refractivity contribution in [1.82, 2.24) is 0 Å². The molecule has 0 saturated heterocycles. The third-order valence-electron chi connectivity index (χ3n) is 3.51. The molecule has 1 unspecified atom stereocenters. The summed E-state index contributed by atoms with van der Waals surface area (Å²) in [5, 5.41) is 9.48. The number of aliphatic hydroxyl groups is 1. The third-order valence-corrected chi connectivity index (χ3v) is 4.24. The summed E-state index contributed by atoms with van der Waals surface area (Å²) >= 11 is 3.55. The summed E-state index contributed by atoms with van der Waals surface area (Å²) in [6, 6.07) is 8.23. The van der Waals surface area contributed by atoms with Gasteiger partial charge in [-0.05, 0) is 43.2 Å². The number of aliphatic hydroxyl groups excluding tert-OH is 1. The zero-order valence-corrected chi connectivity index (χ0v) is 10.9. The van der Waals surface area contributed by atoms with E-state index in [0.29, 0.717) is 5.92 Å². The van der Waals surface area contributed by atoms with E-state index in [1.54, 1.807) is 0 Å². The fraction of sp³-hybridized carbons (Fsp3) is 0.538. The molecule has 16 heavy (non-hydrogen) atoms. The fourth-order valence-corrected chi connectivity index (χ4v) is 3.01. The van der Waals surface area contributed by atoms with Crippen LogP contribution in [-0.4, -0.2) is 11.2 Å². The van der Waals surface area contributed by atoms with E-state index >= 15 is 0 Å². The van der Waals surface area contributed by atoms with Crippen molar-refractivity contribution < 1.29 is 5.11 Å². The zero-order chi connectivity index (χ0) is 11.5. The standard InChI is InChI=1S/C13H18BrNO/c14-12-4-2-1-3-11(12)13(15)9-5-7-10(16)8-6-9/h1-4,9-10,13,16H,5-8,15H2. The molecule has 0 aromatic heterocycles. The summed E-state index contributed by atoms with van der Waals surface area (Å²) in [5.74, 6) is 0.502. The van der Waals surface area contributed by atoms with Crippen molar-refractivity contribution >= 4 is 15.9 Å². The van der Waals surface area contributed by atoms with Crippen LogP contribution in [-0.2, 0) is 0 Å². The number of hydrogen-bond acceptors (Lipinski definition) is 2. The zero-order valence-electron chi connectivity index (χ0n) is 9.27. The van der Waals surface area contributed by atoms with E-state index in [1.165, 1.54) is 5.56 Å². The maximum absolute atomic E-state index is 9.48. The molecule has 0 heterocycles. The number of rotatable bonds is 2. The second kappa shape index (κ2) is 5.30. The van der Waals surface area contributed by atoms with Crippen LogP contribution in [0, 0.1) is 5.92 Å². The Labute approximate surface area is 105 Å². The van der Waals surface area contributed by atoms with Gasteiger partial charge in [0.05, 0.1) is 6.10 Å². The minimum atomic E-state index is -0.109. The van der Waals surface area contributed by atoms with E-state index in [4.69, 9.17) is 5.73 Å². The first kappa shape index (κ1) is 12.1. The van der Waals surface area contributed by atoms with E-state index in [-0.39, 0.29) is 12.1 Å². The summed E-state index contributed by atoms with van der Waals surface area (Å²) in [6.07, 6.45) is 3.74. The van der Waals surface area contributed by atoms with Gasteiger partial charge in [-0.25, -0.2) is 0 Å². The normalized spacial score (nSPS) is 27.7. The lowest BCUT2D eigenvalue weighted by molar-refractivity contribution is 0.102. The van der Waals surface area contributed by atoms with E-state index in [9.17, 15) is 5.11 Å². The van der Waals surface area contributed by atoms with Crippen molar-refractivity contribution in [1.29, 1.82) is 0 Å². The molecule has 3 N–H and O–H groups in total. The molecular weight excluding hydrogens is 266 g/mol. The molecule has 88 valence electrons. The first-order chi connectivity index (χ1) is 7.68. The van der Waals surface area contributed by atoms with Crippen LogP contribution in [0.1, 0.15) is 37.3 Å². The van der Waals surface area contributed by atoms with Gasteiger partial charge >= 0.3 is 0 Å². The first-order valence-corrected chi connectivity index (χ1v) is 6.66. The number of hydrogen-bond donors (Lipinski definition) is 2. The number of halogens is 1. The molecule has 0 aliphatic heterocycles. The second-order valence-electron chi connectivity index (χ2n) is 4.62. The molecule has 1 fully saturated rings. The Morgan fingerprint density at radius 3 is 2.44 bits per heavy atom. The quantitative estimate of drug-likeness (QED) is 0.877. The van der Waals surface area contributed by atoms with E-state index in [2.05, 4.69) is 22.0 Å². The molecule has 0 radical (unpaired) electrons. The largest absolute Gasteiger partial charge is 0.393 e. The minimum Gasteiger partial charge on any atom is -0.393 e. The SMILES string of the molecule is NC(c1ccccc1Br)C1CCC(O)CC1. The predicted molar refractivity (Wildman–Crippen MR) is 69.0 cm³/mol. The van der Waals surface area contributed by atoms with Crippen molar-refractivity contribution in [3.63, 3.8) is 0 Å². The van der Waals surface area contributed by atoms with E-state index < -0.39 is 0 Å². The smallest absolute Gasteiger partial charge is 0.0540 e. The van der Waals surface area contributed by atoms with Crippen LogP contribution in [0.3, 0.4) is 0 Å². The number of nitrogens with two attached hydrogens (primary N) is 1. The average molecular weight is 284 g/mol. The molecule has 2 rings (SSSR count). The Morgan fingerprint density at radius 2 is 1.81 bits per heavy atom. The second-order valence-corrected chi connectivity index (χ2v) is 5.47. The summed E-state index contributed by atoms with van der Waals surface area (Å²) in [7, 11) is 0. The van der Waals surface area contributed by atoms with Crippen molar-refractivity contribution in [2.75, 3.05) is 0 Å². The highest BCUT2D eigenvalue weighted by Crippen LogP contribution is 2.35. The van der Waals surface area contributed by atoms with Crippen molar-refractivity contribution in [3.8, 4) is 0 Å². The van der Waals surface area contributed by atoms with Gasteiger partial charge in [0, 0.05) is 10.5 Å². The van der Waals surface area contributed by atoms with Gasteiger partial charge < -0.3 is 10.8 Å². The minimum absolute atomic E-state index is 0.0862. The Hall–Kier alpha value is -0.380. The van der Waals surface area contributed by atoms with Crippen LogP contribution in [0.2, 0.25) is 0 Å². The highest BCUT2D eigenvalue weighted by molar-refractivity contribution is 9.10. The van der Waals surface area contributed by atoms with Crippen LogP contribution >= 0.6 is 15.9 Å². The van der Waals surface area contributed by atoms with Crippen LogP contribution < -0.4 is 5.73 Å². The van der Waals surface area contributed by atoms with Gasteiger partial charge in [0.15, 0.2) is 0 Å². The molecule has 3 heteroatoms. The molecular formula is C13H18BrNO. The van der Waals surface area contributed by atoms with Gasteiger partial charge in [-0.2, -0.15) is 0 Å². The van der Waals surface area contributed by atoms with E-state index in [1.807, 2.05) is 18.2 Å². The van der Waals surface area contributed by atoms with Crippen LogP contribution in [0.15, 0.2) is 28.7 Å². The van der Waals surface area contributed by atoms with Gasteiger partial charge in [0.1, 0.15) is 0 Å². The Bertz CT molecular complexity index is 348. The molecule has 1 aromatic carbocycles. The van der Waals surface area contributed by atoms with Gasteiger partial charge in [-0.1, -0.05) is 34.1 Å². The lowest BCUT2D eigenvalue weighted by atomic mass is 9.80. The molecule has 2 nitrogen and oxygen atoms in total. The van der Waals surface area contributed by atoms with Crippen LogP contribution in [0.25, 0.3) is 0 Å². The van der Waals surface area contributed by atoms with Gasteiger partial charge in [-0.3, -0.25) is 0 Å². The van der Waals surface area contributed by atoms with Gasteiger partial charge in [-0.15, -0.1) is 0 Å². The summed E-state index contributed by atoms with van der Waals surface area (Å²) < 4.78 is 1.09. The molecule has 1 aliphatic rings. The lowest BCUT2D eigenvalue weighted by Gasteiger charge is -2.30. The molecule has 0 amide bonds. The average Bonchev–Trinajstić information content (AvgIpc) is 2.30. The summed E-state index contributed by atoms with van der Waals surface area (Å²) in [6.45, 7) is 0. The maximum atomic E-state index is 9.48. The maximum Gasteiger partial charge on any atom is 0.0540 e. The Balaban J connectivity index is 2.07. The molecule has 1 atom stereocenters. The number of benzene rings is 1.